The zero-order valence-corrected chi connectivity index (χ0v) is 9.79. The van der Waals surface area contributed by atoms with E-state index >= 15 is 0 Å². The first-order valence-corrected chi connectivity index (χ1v) is 5.79. The Morgan fingerprint density at radius 3 is 2.40 bits per heavy atom. The van der Waals surface area contributed by atoms with Gasteiger partial charge in [-0.15, -0.1) is 0 Å². The molecule has 0 aromatic carbocycles. The molecule has 0 spiro atoms. The van der Waals surface area contributed by atoms with Gasteiger partial charge in [0.05, 0.1) is 0 Å². The second-order valence-corrected chi connectivity index (χ2v) is 6.08. The van der Waals surface area contributed by atoms with Crippen LogP contribution in [0.2, 0.25) is 0 Å². The third-order valence-electron chi connectivity index (χ3n) is 5.58. The summed E-state index contributed by atoms with van der Waals surface area (Å²) in [4.78, 5) is 11.0. The van der Waals surface area contributed by atoms with E-state index in [1.807, 2.05) is 0 Å². The van der Waals surface area contributed by atoms with Gasteiger partial charge >= 0.3 is 5.97 Å². The fraction of sp³-hybridized carbons (Fsp3) is 0.917. The molecule has 2 fully saturated rings. The molecule has 2 bridgehead atoms. The molecular weight excluding hydrogens is 190 g/mol. The number of hydrogen-bond acceptors (Lipinski definition) is 2. The first kappa shape index (κ1) is 10.9. The summed E-state index contributed by atoms with van der Waals surface area (Å²) >= 11 is 0. The van der Waals surface area contributed by atoms with Crippen LogP contribution in [0.1, 0.15) is 40.0 Å². The molecule has 2 aliphatic rings. The van der Waals surface area contributed by atoms with Crippen LogP contribution >= 0.6 is 0 Å². The summed E-state index contributed by atoms with van der Waals surface area (Å²) in [6.45, 7) is 6.78. The maximum absolute atomic E-state index is 11.0. The Morgan fingerprint density at radius 2 is 2.07 bits per heavy atom. The van der Waals surface area contributed by atoms with Crippen LogP contribution in [0.4, 0.5) is 0 Å². The van der Waals surface area contributed by atoms with Crippen molar-refractivity contribution in [3.8, 4) is 0 Å². The number of nitrogens with two attached hydrogens (primary N) is 1. The summed E-state index contributed by atoms with van der Waals surface area (Å²) < 4.78 is 0. The van der Waals surface area contributed by atoms with E-state index in [0.717, 1.165) is 12.8 Å². The van der Waals surface area contributed by atoms with Crippen molar-refractivity contribution < 1.29 is 9.90 Å². The number of hydrogen-bond donors (Lipinski definition) is 2. The summed E-state index contributed by atoms with van der Waals surface area (Å²) in [5.74, 6) is -0.0220. The van der Waals surface area contributed by atoms with Crippen LogP contribution in [0.5, 0.6) is 0 Å². The predicted molar refractivity (Wildman–Crippen MR) is 58.3 cm³/mol. The van der Waals surface area contributed by atoms with E-state index < -0.39 is 12.0 Å². The Hall–Kier alpha value is -0.570. The van der Waals surface area contributed by atoms with Crippen LogP contribution in [0.3, 0.4) is 0 Å². The average Bonchev–Trinajstić information content (AvgIpc) is 2.47. The summed E-state index contributed by atoms with van der Waals surface area (Å²) in [6, 6.07) is -0.681. The van der Waals surface area contributed by atoms with E-state index in [1.54, 1.807) is 0 Å². The van der Waals surface area contributed by atoms with Crippen LogP contribution < -0.4 is 5.73 Å². The highest BCUT2D eigenvalue weighted by molar-refractivity contribution is 5.73. The molecule has 0 radical (unpaired) electrons. The van der Waals surface area contributed by atoms with Crippen molar-refractivity contribution >= 4 is 5.97 Å². The van der Waals surface area contributed by atoms with Gasteiger partial charge in [0.1, 0.15) is 6.04 Å². The van der Waals surface area contributed by atoms with Crippen molar-refractivity contribution in [1.29, 1.82) is 0 Å². The zero-order chi connectivity index (χ0) is 11.4. The van der Waals surface area contributed by atoms with Gasteiger partial charge in [-0.3, -0.25) is 4.79 Å². The van der Waals surface area contributed by atoms with E-state index in [0.29, 0.717) is 5.92 Å². The smallest absolute Gasteiger partial charge is 0.320 e. The van der Waals surface area contributed by atoms with Gasteiger partial charge in [0.15, 0.2) is 0 Å². The first-order chi connectivity index (χ1) is 6.80. The van der Waals surface area contributed by atoms with Crippen LogP contribution in [0, 0.1) is 22.7 Å². The second-order valence-electron chi connectivity index (χ2n) is 6.08. The molecule has 0 aromatic heterocycles. The van der Waals surface area contributed by atoms with Crippen LogP contribution in [0.15, 0.2) is 0 Å². The summed E-state index contributed by atoms with van der Waals surface area (Å²) in [5, 5.41) is 9.03. The Bertz CT molecular complexity index is 300. The molecule has 0 aromatic rings. The number of aliphatic carboxylic acids is 1. The number of carboxylic acids is 1. The zero-order valence-electron chi connectivity index (χ0n) is 9.79. The van der Waals surface area contributed by atoms with Crippen molar-refractivity contribution in [2.45, 2.75) is 46.1 Å². The van der Waals surface area contributed by atoms with Crippen molar-refractivity contribution in [1.82, 2.24) is 0 Å². The van der Waals surface area contributed by atoms with Gasteiger partial charge in [0.25, 0.3) is 0 Å². The highest BCUT2D eigenvalue weighted by atomic mass is 16.4. The average molecular weight is 211 g/mol. The van der Waals surface area contributed by atoms with Crippen LogP contribution in [-0.2, 0) is 4.79 Å². The van der Waals surface area contributed by atoms with Gasteiger partial charge in [0.2, 0.25) is 0 Å². The van der Waals surface area contributed by atoms with Crippen LogP contribution in [-0.4, -0.2) is 17.1 Å². The molecule has 2 saturated carbocycles. The number of rotatable bonds is 2. The highest BCUT2D eigenvalue weighted by Gasteiger charge is 2.63. The molecule has 2 rings (SSSR count). The third-order valence-corrected chi connectivity index (χ3v) is 5.58. The van der Waals surface area contributed by atoms with Gasteiger partial charge < -0.3 is 10.8 Å². The molecule has 0 heterocycles. The maximum Gasteiger partial charge on any atom is 0.320 e. The molecule has 0 aliphatic heterocycles. The predicted octanol–water partition coefficient (Wildman–Crippen LogP) is 1.86. The molecular formula is C12H21NO2. The molecule has 15 heavy (non-hydrogen) atoms. The normalized spacial score (nSPS) is 44.3. The summed E-state index contributed by atoms with van der Waals surface area (Å²) in [5.41, 5.74) is 6.19. The summed E-state index contributed by atoms with van der Waals surface area (Å²) in [7, 11) is 0. The van der Waals surface area contributed by atoms with E-state index in [9.17, 15) is 4.79 Å². The summed E-state index contributed by atoms with van der Waals surface area (Å²) in [6.07, 6.45) is 3.37. The minimum atomic E-state index is -0.843. The van der Waals surface area contributed by atoms with Crippen molar-refractivity contribution in [2.24, 2.45) is 28.4 Å². The monoisotopic (exact) mass is 211 g/mol. The van der Waals surface area contributed by atoms with E-state index in [4.69, 9.17) is 10.8 Å². The lowest BCUT2D eigenvalue weighted by Crippen LogP contribution is -2.46. The fourth-order valence-electron chi connectivity index (χ4n) is 3.98. The lowest BCUT2D eigenvalue weighted by Gasteiger charge is -2.40. The fourth-order valence-corrected chi connectivity index (χ4v) is 3.98. The maximum atomic E-state index is 11.0. The Morgan fingerprint density at radius 1 is 1.47 bits per heavy atom. The van der Waals surface area contributed by atoms with E-state index in [2.05, 4.69) is 20.8 Å². The van der Waals surface area contributed by atoms with Gasteiger partial charge in [-0.05, 0) is 41.9 Å². The van der Waals surface area contributed by atoms with Crippen molar-refractivity contribution in [3.63, 3.8) is 0 Å². The standard InChI is InChI=1S/C12H21NO2/c1-11(2)7-4-5-12(11,3)8(6-7)9(13)10(14)15/h7-9H,4-6,13H2,1-3H3,(H,14,15). The Balaban J connectivity index is 2.30. The topological polar surface area (TPSA) is 63.3 Å². The Kier molecular flexibility index (Phi) is 2.16. The molecule has 0 amide bonds. The van der Waals surface area contributed by atoms with E-state index in [1.165, 1.54) is 6.42 Å². The van der Waals surface area contributed by atoms with Gasteiger partial charge in [-0.25, -0.2) is 0 Å². The van der Waals surface area contributed by atoms with Crippen molar-refractivity contribution in [3.05, 3.63) is 0 Å². The largest absolute Gasteiger partial charge is 0.480 e. The van der Waals surface area contributed by atoms with E-state index in [-0.39, 0.29) is 16.7 Å². The molecule has 3 heteroatoms. The number of carboxylic acid groups (broad SMARTS) is 1. The lowest BCUT2D eigenvalue weighted by molar-refractivity contribution is -0.141. The number of fused-ring (bicyclic) bond motifs is 2. The van der Waals surface area contributed by atoms with Crippen LogP contribution in [0.25, 0.3) is 0 Å². The van der Waals surface area contributed by atoms with Gasteiger partial charge in [-0.2, -0.15) is 0 Å². The lowest BCUT2D eigenvalue weighted by atomic mass is 9.65. The third kappa shape index (κ3) is 1.19. The van der Waals surface area contributed by atoms with Gasteiger partial charge in [-0.1, -0.05) is 20.8 Å². The molecule has 0 saturated heterocycles. The molecule has 4 unspecified atom stereocenters. The first-order valence-electron chi connectivity index (χ1n) is 5.79. The Labute approximate surface area is 91.0 Å². The van der Waals surface area contributed by atoms with Crippen molar-refractivity contribution in [2.75, 3.05) is 0 Å². The molecule has 86 valence electrons. The van der Waals surface area contributed by atoms with Gasteiger partial charge in [0, 0.05) is 0 Å². The second kappa shape index (κ2) is 2.97. The number of carbonyl (C=O) groups is 1. The minimum absolute atomic E-state index is 0.121. The quantitative estimate of drug-likeness (QED) is 0.732. The molecule has 4 atom stereocenters. The molecule has 2 aliphatic carbocycles. The molecule has 3 N–H and O–H groups in total. The SMILES string of the molecule is CC1(C)C2CCC1(C)C(C(N)C(=O)O)C2. The molecule has 3 nitrogen and oxygen atoms in total. The minimum Gasteiger partial charge on any atom is -0.480 e. The highest BCUT2D eigenvalue weighted by Crippen LogP contribution is 2.68.